The van der Waals surface area contributed by atoms with Crippen LogP contribution in [-0.4, -0.2) is 0 Å². The zero-order valence-corrected chi connectivity index (χ0v) is 9.60. The second kappa shape index (κ2) is 6.45. The third-order valence-electron chi connectivity index (χ3n) is 2.30. The number of hydrogen-bond donors (Lipinski definition) is 0. The summed E-state index contributed by atoms with van der Waals surface area (Å²) < 4.78 is 21.3. The van der Waals surface area contributed by atoms with E-state index in [0.29, 0.717) is 11.1 Å². The molecule has 0 bridgehead atoms. The fraction of sp³-hybridized carbons (Fsp3) is 0.143. The van der Waals surface area contributed by atoms with Crippen molar-refractivity contribution in [2.45, 2.75) is 12.8 Å². The molecular formula is C14H13N3O. The highest BCUT2D eigenvalue weighted by Gasteiger charge is 2.09. The smallest absolute Gasteiger partial charge is 0.162 e. The van der Waals surface area contributed by atoms with E-state index in [2.05, 4.69) is 10.0 Å². The average Bonchev–Trinajstić information content (AvgIpc) is 2.48. The van der Waals surface area contributed by atoms with E-state index in [-0.39, 0.29) is 0 Å². The third-order valence-corrected chi connectivity index (χ3v) is 2.30. The molecule has 4 nitrogen and oxygen atoms in total. The highest BCUT2D eigenvalue weighted by molar-refractivity contribution is 5.18. The van der Waals surface area contributed by atoms with Crippen LogP contribution in [0.2, 0.25) is 0 Å². The second-order valence-electron chi connectivity index (χ2n) is 3.55. The van der Waals surface area contributed by atoms with Gasteiger partial charge in [-0.3, -0.25) is 0 Å². The van der Waals surface area contributed by atoms with Gasteiger partial charge in [-0.1, -0.05) is 65.8 Å². The predicted molar refractivity (Wildman–Crippen MR) is 69.6 cm³/mol. The predicted octanol–water partition coefficient (Wildman–Crippen LogP) is 4.21. The van der Waals surface area contributed by atoms with Crippen molar-refractivity contribution in [3.63, 3.8) is 0 Å². The minimum Gasteiger partial charge on any atom is -0.363 e. The Hall–Kier alpha value is -2.29. The summed E-state index contributed by atoms with van der Waals surface area (Å²) in [5.74, 6) is 0. The number of azide groups is 1. The molecule has 90 valence electrons. The summed E-state index contributed by atoms with van der Waals surface area (Å²) in [5, 5.41) is 3.52. The van der Waals surface area contributed by atoms with E-state index < -0.39 is 12.8 Å². The fourth-order valence-electron chi connectivity index (χ4n) is 1.45. The molecule has 1 atom stereocenters. The molecule has 0 aliphatic carbocycles. The fourth-order valence-corrected chi connectivity index (χ4v) is 1.45. The van der Waals surface area contributed by atoms with Gasteiger partial charge in [0.25, 0.3) is 0 Å². The first-order valence-corrected chi connectivity index (χ1v) is 5.46. The maximum Gasteiger partial charge on any atom is 0.162 e. The van der Waals surface area contributed by atoms with E-state index in [4.69, 9.17) is 13.0 Å². The van der Waals surface area contributed by atoms with Gasteiger partial charge in [-0.05, 0) is 16.7 Å². The van der Waals surface area contributed by atoms with Crippen molar-refractivity contribution in [3.8, 4) is 0 Å². The number of hydrogen-bond acceptors (Lipinski definition) is 2. The van der Waals surface area contributed by atoms with Crippen LogP contribution in [0.5, 0.6) is 0 Å². The molecule has 0 aromatic heterocycles. The van der Waals surface area contributed by atoms with Crippen LogP contribution >= 0.6 is 0 Å². The monoisotopic (exact) mass is 241 g/mol. The van der Waals surface area contributed by atoms with Crippen LogP contribution in [0.3, 0.4) is 0 Å². The SMILES string of the molecule is [2H]C([2H])(OC(N=[N+]=[N-])c1ccccc1)c1ccccc1. The molecule has 4 heteroatoms. The summed E-state index contributed by atoms with van der Waals surface area (Å²) in [6, 6.07) is 17.3. The van der Waals surface area contributed by atoms with Crippen LogP contribution in [0.4, 0.5) is 0 Å². The second-order valence-corrected chi connectivity index (χ2v) is 3.55. The quantitative estimate of drug-likeness (QED) is 0.439. The van der Waals surface area contributed by atoms with Gasteiger partial charge in [-0.2, -0.15) is 0 Å². The van der Waals surface area contributed by atoms with E-state index in [1.54, 1.807) is 54.6 Å². The molecule has 0 spiro atoms. The normalized spacial score (nSPS) is 14.0. The van der Waals surface area contributed by atoms with Crippen LogP contribution in [-0.2, 0) is 11.3 Å². The lowest BCUT2D eigenvalue weighted by Gasteiger charge is -2.12. The first kappa shape index (κ1) is 9.71. The Kier molecular flexibility index (Phi) is 3.48. The molecule has 0 radical (unpaired) electrons. The summed E-state index contributed by atoms with van der Waals surface area (Å²) in [6.07, 6.45) is -1.02. The number of benzene rings is 2. The molecule has 0 saturated heterocycles. The summed E-state index contributed by atoms with van der Waals surface area (Å²) in [5.41, 5.74) is 9.59. The number of nitrogens with zero attached hydrogens (tertiary/aromatic N) is 3. The summed E-state index contributed by atoms with van der Waals surface area (Å²) in [6.45, 7) is -2.05. The van der Waals surface area contributed by atoms with Gasteiger partial charge in [-0.15, -0.1) is 0 Å². The maximum atomic E-state index is 8.62. The van der Waals surface area contributed by atoms with Crippen molar-refractivity contribution >= 4 is 0 Å². The largest absolute Gasteiger partial charge is 0.363 e. The van der Waals surface area contributed by atoms with Gasteiger partial charge in [-0.25, -0.2) is 0 Å². The topological polar surface area (TPSA) is 58.0 Å². The third kappa shape index (κ3) is 3.35. The van der Waals surface area contributed by atoms with Gasteiger partial charge in [0.1, 0.15) is 0 Å². The Morgan fingerprint density at radius 1 is 1.11 bits per heavy atom. The molecule has 0 aliphatic rings. The summed E-state index contributed by atoms with van der Waals surface area (Å²) in [7, 11) is 0. The van der Waals surface area contributed by atoms with Crippen LogP contribution in [0.25, 0.3) is 10.4 Å². The average molecular weight is 241 g/mol. The summed E-state index contributed by atoms with van der Waals surface area (Å²) in [4.78, 5) is 2.72. The molecule has 2 rings (SSSR count). The first-order valence-electron chi connectivity index (χ1n) is 6.46. The molecule has 2 aromatic rings. The minimum atomic E-state index is -2.05. The van der Waals surface area contributed by atoms with Crippen molar-refractivity contribution in [2.75, 3.05) is 0 Å². The Balaban J connectivity index is 2.27. The van der Waals surface area contributed by atoms with Gasteiger partial charge in [0, 0.05) is 4.91 Å². The van der Waals surface area contributed by atoms with Gasteiger partial charge < -0.3 is 4.74 Å². The van der Waals surface area contributed by atoms with Crippen molar-refractivity contribution in [2.24, 2.45) is 5.11 Å². The van der Waals surface area contributed by atoms with Gasteiger partial charge in [0.2, 0.25) is 0 Å². The minimum absolute atomic E-state index is 0.370. The molecule has 0 aliphatic heterocycles. The highest BCUT2D eigenvalue weighted by atomic mass is 16.5. The zero-order chi connectivity index (χ0) is 14.4. The molecule has 1 unspecified atom stereocenters. The van der Waals surface area contributed by atoms with E-state index in [1.165, 1.54) is 0 Å². The van der Waals surface area contributed by atoms with E-state index in [0.717, 1.165) is 0 Å². The van der Waals surface area contributed by atoms with Crippen molar-refractivity contribution in [3.05, 3.63) is 82.2 Å². The van der Waals surface area contributed by atoms with E-state index in [9.17, 15) is 0 Å². The first-order chi connectivity index (χ1) is 9.63. The van der Waals surface area contributed by atoms with Gasteiger partial charge in [0.05, 0.1) is 9.30 Å². The van der Waals surface area contributed by atoms with Crippen LogP contribution < -0.4 is 0 Å². The van der Waals surface area contributed by atoms with Crippen LogP contribution in [0.1, 0.15) is 20.1 Å². The number of rotatable bonds is 5. The Labute approximate surface area is 108 Å². The number of ether oxygens (including phenoxy) is 1. The molecule has 0 N–H and O–H groups in total. The lowest BCUT2D eigenvalue weighted by Crippen LogP contribution is -2.01. The Morgan fingerprint density at radius 2 is 1.72 bits per heavy atom. The molecule has 2 aromatic carbocycles. The molecule has 18 heavy (non-hydrogen) atoms. The Morgan fingerprint density at radius 3 is 2.33 bits per heavy atom. The lowest BCUT2D eigenvalue weighted by atomic mass is 10.2. The van der Waals surface area contributed by atoms with Gasteiger partial charge >= 0.3 is 0 Å². The molecule has 0 amide bonds. The lowest BCUT2D eigenvalue weighted by molar-refractivity contribution is 0.0444. The van der Waals surface area contributed by atoms with Crippen molar-refractivity contribution < 1.29 is 7.48 Å². The van der Waals surface area contributed by atoms with E-state index in [1.807, 2.05) is 6.07 Å². The van der Waals surface area contributed by atoms with Crippen molar-refractivity contribution in [1.82, 2.24) is 0 Å². The molecule has 0 heterocycles. The van der Waals surface area contributed by atoms with Crippen LogP contribution in [0.15, 0.2) is 65.8 Å². The Bertz CT molecular complexity index is 598. The van der Waals surface area contributed by atoms with Gasteiger partial charge in [0.15, 0.2) is 6.23 Å². The highest BCUT2D eigenvalue weighted by Crippen LogP contribution is 2.20. The summed E-state index contributed by atoms with van der Waals surface area (Å²) >= 11 is 0. The molecule has 0 saturated carbocycles. The van der Waals surface area contributed by atoms with Crippen molar-refractivity contribution in [1.29, 1.82) is 0 Å². The maximum absolute atomic E-state index is 8.62. The zero-order valence-electron chi connectivity index (χ0n) is 11.6. The molecular weight excluding hydrogens is 226 g/mol. The van der Waals surface area contributed by atoms with E-state index >= 15 is 0 Å². The standard InChI is InChI=1S/C14H13N3O/c15-17-16-14(13-9-5-2-6-10-13)18-11-12-7-3-1-4-8-12/h1-10,14H,11H2/i11D2. The van der Waals surface area contributed by atoms with Crippen LogP contribution in [0, 0.1) is 0 Å². The molecule has 0 fully saturated rings.